The molecule has 0 fully saturated rings. The maximum absolute atomic E-state index is 9.37. The van der Waals surface area contributed by atoms with Crippen LogP contribution in [0.3, 0.4) is 0 Å². The second-order valence-corrected chi connectivity index (χ2v) is 0.985. The maximum Gasteiger partial charge on any atom is 0.303 e. The van der Waals surface area contributed by atoms with E-state index in [9.17, 15) is 4.79 Å². The summed E-state index contributed by atoms with van der Waals surface area (Å²) in [5, 5.41) is 21.4. The van der Waals surface area contributed by atoms with Crippen LogP contribution in [0, 0.1) is 10.1 Å². The Labute approximate surface area is 50.8 Å². The number of nitrogens with zero attached hydrogens (tertiary/aromatic N) is 1. The van der Waals surface area contributed by atoms with Crippen LogP contribution in [-0.2, 0) is 4.79 Å². The first-order valence-corrected chi connectivity index (χ1v) is 2.05. The zero-order valence-corrected chi connectivity index (χ0v) is 4.77. The number of aliphatic carboxylic acids is 1. The smallest absolute Gasteiger partial charge is 0.303 e. The van der Waals surface area contributed by atoms with E-state index < -0.39 is 11.1 Å². The Morgan fingerprint density at radius 1 is 1.78 bits per heavy atom. The van der Waals surface area contributed by atoms with Gasteiger partial charge in [0.15, 0.2) is 0 Å². The van der Waals surface area contributed by atoms with E-state index in [-0.39, 0.29) is 6.42 Å². The summed E-state index contributed by atoms with van der Waals surface area (Å²) in [4.78, 5) is 17.7. The molecule has 54 valence electrons. The molecule has 0 aliphatic rings. The summed E-state index contributed by atoms with van der Waals surface area (Å²) in [6, 6.07) is 0. The van der Waals surface area contributed by atoms with Crippen molar-refractivity contribution >= 4 is 5.97 Å². The van der Waals surface area contributed by atoms with E-state index >= 15 is 0 Å². The molecule has 0 atom stereocenters. The van der Waals surface area contributed by atoms with Crippen LogP contribution < -0.4 is 0 Å². The molecule has 0 aliphatic carbocycles. The molecule has 0 bridgehead atoms. The van der Waals surface area contributed by atoms with Crippen molar-refractivity contribution in [1.29, 1.82) is 0 Å². The van der Waals surface area contributed by atoms with Gasteiger partial charge in [0.05, 0.1) is 0 Å². The molecule has 0 saturated carbocycles. The molecule has 0 unspecified atom stereocenters. The molecule has 6 heteroatoms. The van der Waals surface area contributed by atoms with Crippen molar-refractivity contribution in [2.24, 2.45) is 0 Å². The molecule has 0 heterocycles. The quantitative estimate of drug-likeness (QED) is 0.395. The molecule has 0 aromatic rings. The van der Waals surface area contributed by atoms with E-state index in [4.69, 9.17) is 20.4 Å². The highest BCUT2D eigenvalue weighted by Gasteiger charge is 1.80. The third-order valence-electron chi connectivity index (χ3n) is 0.302. The molecule has 0 rings (SSSR count). The monoisotopic (exact) mass is 137 g/mol. The molecule has 6 nitrogen and oxygen atoms in total. The zero-order valence-electron chi connectivity index (χ0n) is 4.77. The normalized spacial score (nSPS) is 6.78. The van der Waals surface area contributed by atoms with Crippen LogP contribution in [0.1, 0.15) is 13.3 Å². The van der Waals surface area contributed by atoms with Crippen molar-refractivity contribution in [3.05, 3.63) is 10.1 Å². The van der Waals surface area contributed by atoms with E-state index in [1.165, 1.54) is 0 Å². The van der Waals surface area contributed by atoms with Gasteiger partial charge >= 0.3 is 5.97 Å². The minimum Gasteiger partial charge on any atom is -0.481 e. The molecular weight excluding hydrogens is 130 g/mol. The first-order valence-electron chi connectivity index (χ1n) is 2.05. The molecule has 0 radical (unpaired) electrons. The summed E-state index contributed by atoms with van der Waals surface area (Å²) in [7, 11) is 0. The van der Waals surface area contributed by atoms with E-state index in [1.54, 1.807) is 6.92 Å². The van der Waals surface area contributed by atoms with Gasteiger partial charge in [-0.05, 0) is 0 Å². The predicted octanol–water partition coefficient (Wildman–Crippen LogP) is 0.133. The van der Waals surface area contributed by atoms with E-state index in [0.29, 0.717) is 0 Å². The van der Waals surface area contributed by atoms with Gasteiger partial charge in [-0.3, -0.25) is 4.79 Å². The van der Waals surface area contributed by atoms with Gasteiger partial charge in [0.2, 0.25) is 0 Å². The van der Waals surface area contributed by atoms with Gasteiger partial charge in [-0.1, -0.05) is 6.92 Å². The Morgan fingerprint density at radius 2 is 1.89 bits per heavy atom. The van der Waals surface area contributed by atoms with Gasteiger partial charge < -0.3 is 10.3 Å². The lowest BCUT2D eigenvalue weighted by molar-refractivity contribution is -0.742. The molecule has 0 aromatic heterocycles. The number of carboxylic acids is 1. The standard InChI is InChI=1S/C3H6O2.HNO3/c1-2-3(4)5;2-1(3)4/h2H2,1H3,(H,4,5);(H,2,3,4). The molecule has 0 saturated heterocycles. The number of carbonyl (C=O) groups is 1. The number of carboxylic acid groups (broad SMARTS) is 1. The molecule has 2 N–H and O–H groups in total. The summed E-state index contributed by atoms with van der Waals surface area (Å²) in [6.45, 7) is 1.60. The minimum absolute atomic E-state index is 0.222. The minimum atomic E-state index is -1.50. The number of rotatable bonds is 1. The summed E-state index contributed by atoms with van der Waals surface area (Å²) in [5.41, 5.74) is 0. The summed E-state index contributed by atoms with van der Waals surface area (Å²) in [6.07, 6.45) is 0.222. The van der Waals surface area contributed by atoms with Crippen LogP contribution in [0.25, 0.3) is 0 Å². The predicted molar refractivity (Wildman–Crippen MR) is 26.7 cm³/mol. The van der Waals surface area contributed by atoms with Crippen LogP contribution in [0.2, 0.25) is 0 Å². The first-order chi connectivity index (χ1) is 4.00. The summed E-state index contributed by atoms with van der Waals surface area (Å²) in [5.74, 6) is -0.745. The van der Waals surface area contributed by atoms with Crippen molar-refractivity contribution in [3.8, 4) is 0 Å². The average Bonchev–Trinajstić information content (AvgIpc) is 1.65. The molecule has 0 spiro atoms. The van der Waals surface area contributed by atoms with E-state index in [0.717, 1.165) is 0 Å². The summed E-state index contributed by atoms with van der Waals surface area (Å²) >= 11 is 0. The van der Waals surface area contributed by atoms with Crippen molar-refractivity contribution in [2.45, 2.75) is 13.3 Å². The molecule has 0 aliphatic heterocycles. The third kappa shape index (κ3) is 324. The van der Waals surface area contributed by atoms with Gasteiger partial charge in [-0.25, -0.2) is 0 Å². The number of hydrogen-bond acceptors (Lipinski definition) is 3. The van der Waals surface area contributed by atoms with Crippen molar-refractivity contribution < 1.29 is 20.2 Å². The number of hydrogen-bond donors (Lipinski definition) is 2. The lowest BCUT2D eigenvalue weighted by Gasteiger charge is -1.71. The van der Waals surface area contributed by atoms with Crippen molar-refractivity contribution in [1.82, 2.24) is 0 Å². The van der Waals surface area contributed by atoms with Gasteiger partial charge in [-0.15, -0.1) is 10.1 Å². The first kappa shape index (κ1) is 10.6. The maximum atomic E-state index is 9.37. The van der Waals surface area contributed by atoms with E-state index in [2.05, 4.69) is 0 Å². The Kier molecular flexibility index (Phi) is 7.87. The van der Waals surface area contributed by atoms with Crippen LogP contribution in [-0.4, -0.2) is 21.4 Å². The van der Waals surface area contributed by atoms with Crippen molar-refractivity contribution in [3.63, 3.8) is 0 Å². The van der Waals surface area contributed by atoms with Crippen LogP contribution in [0.15, 0.2) is 0 Å². The highest BCUT2D eigenvalue weighted by atomic mass is 16.9. The fourth-order valence-corrected chi connectivity index (χ4v) is 0. The average molecular weight is 137 g/mol. The van der Waals surface area contributed by atoms with Crippen LogP contribution >= 0.6 is 0 Å². The second kappa shape index (κ2) is 6.67. The zero-order chi connectivity index (χ0) is 7.86. The molecule has 0 amide bonds. The van der Waals surface area contributed by atoms with E-state index in [1.807, 2.05) is 0 Å². The Bertz CT molecular complexity index is 96.4. The van der Waals surface area contributed by atoms with Crippen LogP contribution in [0.5, 0.6) is 0 Å². The topological polar surface area (TPSA) is 101 Å². The lowest BCUT2D eigenvalue weighted by atomic mass is 10.5. The van der Waals surface area contributed by atoms with Gasteiger partial charge in [-0.2, -0.15) is 0 Å². The van der Waals surface area contributed by atoms with Crippen molar-refractivity contribution in [2.75, 3.05) is 0 Å². The Morgan fingerprint density at radius 3 is 1.89 bits per heavy atom. The second-order valence-electron chi connectivity index (χ2n) is 0.985. The highest BCUT2D eigenvalue weighted by Crippen LogP contribution is 1.67. The fraction of sp³-hybridized carbons (Fsp3) is 0.667. The lowest BCUT2D eigenvalue weighted by Crippen LogP contribution is -1.86. The molecular formula is C3H7NO5. The SMILES string of the molecule is CCC(=O)O.O=[N+]([O-])O. The third-order valence-corrected chi connectivity index (χ3v) is 0.302. The fourth-order valence-electron chi connectivity index (χ4n) is 0. The highest BCUT2D eigenvalue weighted by molar-refractivity contribution is 5.66. The molecule has 0 aromatic carbocycles. The molecule has 9 heavy (non-hydrogen) atoms. The Hall–Kier alpha value is -1.33. The van der Waals surface area contributed by atoms with Gasteiger partial charge in [0.25, 0.3) is 5.09 Å². The summed E-state index contributed by atoms with van der Waals surface area (Å²) < 4.78 is 0. The van der Waals surface area contributed by atoms with Gasteiger partial charge in [0, 0.05) is 6.42 Å². The Balaban J connectivity index is 0. The largest absolute Gasteiger partial charge is 0.481 e. The van der Waals surface area contributed by atoms with Gasteiger partial charge in [0.1, 0.15) is 0 Å². The van der Waals surface area contributed by atoms with Crippen LogP contribution in [0.4, 0.5) is 0 Å².